The van der Waals surface area contributed by atoms with E-state index in [0.29, 0.717) is 12.8 Å². The van der Waals surface area contributed by atoms with Gasteiger partial charge in [-0.3, -0.25) is 28.3 Å². The van der Waals surface area contributed by atoms with E-state index >= 15 is 0 Å². The summed E-state index contributed by atoms with van der Waals surface area (Å²) >= 11 is 0. The summed E-state index contributed by atoms with van der Waals surface area (Å²) in [6.07, 6.45) is 0.695. The van der Waals surface area contributed by atoms with E-state index in [2.05, 4.69) is 0 Å². The lowest BCUT2D eigenvalue weighted by Gasteiger charge is -2.01. The highest BCUT2D eigenvalue weighted by atomic mass is 19.1. The third-order valence-electron chi connectivity index (χ3n) is 6.13. The fourth-order valence-electron chi connectivity index (χ4n) is 4.26. The molecule has 8 heteroatoms. The SMILES string of the molecule is O=c1c2cc3c(=O)n(CCc4ccc(F)cc4)c(=O)c3cc2c(=O)n1CCc1ccc(F)cc1. The molecule has 6 nitrogen and oxygen atoms in total. The van der Waals surface area contributed by atoms with Crippen LogP contribution in [0.5, 0.6) is 0 Å². The topological polar surface area (TPSA) is 78.1 Å². The molecule has 170 valence electrons. The van der Waals surface area contributed by atoms with Gasteiger partial charge in [0.2, 0.25) is 0 Å². The summed E-state index contributed by atoms with van der Waals surface area (Å²) in [5, 5.41) is 0.350. The minimum atomic E-state index is -0.532. The number of halogens is 2. The lowest BCUT2D eigenvalue weighted by Crippen LogP contribution is -2.27. The number of hydrogen-bond donors (Lipinski definition) is 0. The third kappa shape index (κ3) is 3.67. The van der Waals surface area contributed by atoms with Gasteiger partial charge in [-0.05, 0) is 60.4 Å². The molecule has 2 aromatic heterocycles. The Labute approximate surface area is 190 Å². The molecule has 0 spiro atoms. The Morgan fingerprint density at radius 2 is 0.794 bits per heavy atom. The maximum absolute atomic E-state index is 13.1. The number of aryl methyl sites for hydroxylation is 2. The Balaban J connectivity index is 1.50. The number of hydrogen-bond acceptors (Lipinski definition) is 4. The Kier molecular flexibility index (Phi) is 5.28. The molecule has 0 atom stereocenters. The summed E-state index contributed by atoms with van der Waals surface area (Å²) in [5.74, 6) is -0.750. The van der Waals surface area contributed by atoms with E-state index in [-0.39, 0.29) is 46.3 Å². The highest BCUT2D eigenvalue weighted by Gasteiger charge is 2.19. The van der Waals surface area contributed by atoms with E-state index in [1.807, 2.05) is 0 Å². The molecule has 0 radical (unpaired) electrons. The number of aromatic nitrogens is 2. The van der Waals surface area contributed by atoms with Crippen molar-refractivity contribution < 1.29 is 8.78 Å². The van der Waals surface area contributed by atoms with Gasteiger partial charge in [-0.1, -0.05) is 24.3 Å². The van der Waals surface area contributed by atoms with Crippen LogP contribution in [-0.4, -0.2) is 9.13 Å². The summed E-state index contributed by atoms with van der Waals surface area (Å²) < 4.78 is 28.3. The maximum Gasteiger partial charge on any atom is 0.261 e. The van der Waals surface area contributed by atoms with Crippen molar-refractivity contribution in [1.82, 2.24) is 9.13 Å². The van der Waals surface area contributed by atoms with Crippen LogP contribution in [0.1, 0.15) is 11.1 Å². The third-order valence-corrected chi connectivity index (χ3v) is 6.13. The monoisotopic (exact) mass is 460 g/mol. The second-order valence-corrected chi connectivity index (χ2v) is 8.22. The van der Waals surface area contributed by atoms with Gasteiger partial charge in [-0.15, -0.1) is 0 Å². The second-order valence-electron chi connectivity index (χ2n) is 8.22. The molecule has 0 aliphatic carbocycles. The number of rotatable bonds is 6. The first kappa shape index (κ1) is 21.6. The first-order valence-electron chi connectivity index (χ1n) is 10.7. The van der Waals surface area contributed by atoms with Gasteiger partial charge in [0.05, 0.1) is 21.5 Å². The zero-order valence-electron chi connectivity index (χ0n) is 17.9. The van der Waals surface area contributed by atoms with E-state index in [1.165, 1.54) is 36.4 Å². The van der Waals surface area contributed by atoms with Crippen LogP contribution in [0.15, 0.2) is 79.8 Å². The summed E-state index contributed by atoms with van der Waals surface area (Å²) in [7, 11) is 0. The highest BCUT2D eigenvalue weighted by molar-refractivity contribution is 5.97. The van der Waals surface area contributed by atoms with Gasteiger partial charge in [0, 0.05) is 13.1 Å². The van der Waals surface area contributed by atoms with Crippen molar-refractivity contribution in [2.75, 3.05) is 0 Å². The van der Waals surface area contributed by atoms with Crippen LogP contribution in [0.2, 0.25) is 0 Å². The molecule has 0 amide bonds. The van der Waals surface area contributed by atoms with Crippen LogP contribution in [0, 0.1) is 11.6 Å². The largest absolute Gasteiger partial charge is 0.274 e. The van der Waals surface area contributed by atoms with Crippen molar-refractivity contribution in [2.24, 2.45) is 0 Å². The van der Waals surface area contributed by atoms with E-state index < -0.39 is 22.2 Å². The lowest BCUT2D eigenvalue weighted by molar-refractivity contribution is 0.624. The summed E-state index contributed by atoms with van der Waals surface area (Å²) in [6.45, 7) is 0.183. The zero-order valence-corrected chi connectivity index (χ0v) is 17.9. The van der Waals surface area contributed by atoms with Crippen molar-refractivity contribution in [1.29, 1.82) is 0 Å². The molecule has 3 aromatic carbocycles. The summed E-state index contributed by atoms with van der Waals surface area (Å²) in [5.41, 5.74) is -0.597. The van der Waals surface area contributed by atoms with Crippen LogP contribution in [-0.2, 0) is 25.9 Å². The first-order chi connectivity index (χ1) is 16.3. The number of benzene rings is 3. The molecule has 0 N–H and O–H groups in total. The van der Waals surface area contributed by atoms with Gasteiger partial charge in [0.15, 0.2) is 0 Å². The summed E-state index contributed by atoms with van der Waals surface area (Å²) in [6, 6.07) is 14.2. The predicted molar refractivity (Wildman–Crippen MR) is 125 cm³/mol. The average molecular weight is 460 g/mol. The molecule has 0 saturated heterocycles. The highest BCUT2D eigenvalue weighted by Crippen LogP contribution is 2.15. The number of nitrogens with zero attached hydrogens (tertiary/aromatic N) is 2. The van der Waals surface area contributed by atoms with Gasteiger partial charge in [-0.2, -0.15) is 0 Å². The molecular formula is C26H18F2N2O4. The second kappa shape index (κ2) is 8.30. The van der Waals surface area contributed by atoms with E-state index in [9.17, 15) is 28.0 Å². The Bertz CT molecular complexity index is 1530. The van der Waals surface area contributed by atoms with Crippen LogP contribution in [0.4, 0.5) is 8.78 Å². The van der Waals surface area contributed by atoms with Gasteiger partial charge in [-0.25, -0.2) is 8.78 Å². The zero-order chi connectivity index (χ0) is 24.0. The van der Waals surface area contributed by atoms with Gasteiger partial charge >= 0.3 is 0 Å². The maximum atomic E-state index is 13.1. The molecule has 0 bridgehead atoms. The van der Waals surface area contributed by atoms with Gasteiger partial charge in [0.25, 0.3) is 22.2 Å². The van der Waals surface area contributed by atoms with Crippen LogP contribution < -0.4 is 22.2 Å². The van der Waals surface area contributed by atoms with Crippen molar-refractivity contribution in [2.45, 2.75) is 25.9 Å². The van der Waals surface area contributed by atoms with Crippen molar-refractivity contribution in [3.05, 3.63) is 125 Å². The molecule has 34 heavy (non-hydrogen) atoms. The number of fused-ring (bicyclic) bond motifs is 2. The van der Waals surface area contributed by atoms with Gasteiger partial charge in [0.1, 0.15) is 11.6 Å². The standard InChI is InChI=1S/C26H18F2N2O4/c27-17-5-1-15(2-6-17)9-11-29-23(31)19-13-21-22(14-20(19)24(29)32)26(34)30(25(21)33)12-10-16-3-7-18(28)8-4-16/h1-8,13-14H,9-12H2. The smallest absolute Gasteiger partial charge is 0.261 e. The molecule has 0 aliphatic rings. The Morgan fingerprint density at radius 3 is 1.09 bits per heavy atom. The Hall–Kier alpha value is -4.20. The minimum Gasteiger partial charge on any atom is -0.274 e. The average Bonchev–Trinajstić information content (AvgIpc) is 3.21. The molecule has 0 fully saturated rings. The molecular weight excluding hydrogens is 442 g/mol. The van der Waals surface area contributed by atoms with Crippen molar-refractivity contribution >= 4 is 21.5 Å². The predicted octanol–water partition coefficient (Wildman–Crippen LogP) is 2.68. The molecule has 0 unspecified atom stereocenters. The molecule has 5 aromatic rings. The first-order valence-corrected chi connectivity index (χ1v) is 10.7. The fraction of sp³-hybridized carbons (Fsp3) is 0.154. The summed E-state index contributed by atoms with van der Waals surface area (Å²) in [4.78, 5) is 51.6. The van der Waals surface area contributed by atoms with Gasteiger partial charge < -0.3 is 0 Å². The van der Waals surface area contributed by atoms with E-state index in [0.717, 1.165) is 20.3 Å². The molecule has 0 aliphatic heterocycles. The van der Waals surface area contributed by atoms with E-state index in [4.69, 9.17) is 0 Å². The minimum absolute atomic E-state index is 0.0874. The fourth-order valence-corrected chi connectivity index (χ4v) is 4.26. The molecule has 0 saturated carbocycles. The van der Waals surface area contributed by atoms with E-state index in [1.54, 1.807) is 24.3 Å². The quantitative estimate of drug-likeness (QED) is 0.390. The molecule has 2 heterocycles. The normalized spacial score (nSPS) is 11.6. The van der Waals surface area contributed by atoms with Crippen LogP contribution >= 0.6 is 0 Å². The van der Waals surface area contributed by atoms with Crippen LogP contribution in [0.3, 0.4) is 0 Å². The lowest BCUT2D eigenvalue weighted by atomic mass is 10.1. The molecule has 5 rings (SSSR count). The van der Waals surface area contributed by atoms with Crippen LogP contribution in [0.25, 0.3) is 21.5 Å². The van der Waals surface area contributed by atoms with Crippen molar-refractivity contribution in [3.8, 4) is 0 Å². The Morgan fingerprint density at radius 1 is 0.500 bits per heavy atom. The van der Waals surface area contributed by atoms with Crippen molar-refractivity contribution in [3.63, 3.8) is 0 Å².